The van der Waals surface area contributed by atoms with Crippen LogP contribution in [0, 0.1) is 12.7 Å². The number of fused-ring (bicyclic) bond motifs is 1. The molecule has 0 saturated heterocycles. The molecule has 10 nitrogen and oxygen atoms in total. The summed E-state index contributed by atoms with van der Waals surface area (Å²) in [6, 6.07) is 0.700. The van der Waals surface area contributed by atoms with E-state index in [1.807, 2.05) is 34.6 Å². The van der Waals surface area contributed by atoms with Gasteiger partial charge in [-0.2, -0.15) is 4.98 Å². The zero-order valence-electron chi connectivity index (χ0n) is 19.1. The molecule has 1 atom stereocenters. The number of pyridine rings is 1. The van der Waals surface area contributed by atoms with Crippen LogP contribution in [0.5, 0.6) is 0 Å². The molecule has 3 aromatic heterocycles. The number of aryl methyl sites for hydroxylation is 1. The van der Waals surface area contributed by atoms with E-state index in [0.717, 1.165) is 11.2 Å². The molecular weight excluding hydrogens is 447 g/mol. The van der Waals surface area contributed by atoms with Gasteiger partial charge in [0.1, 0.15) is 10.5 Å². The van der Waals surface area contributed by atoms with Gasteiger partial charge in [-0.15, -0.1) is 11.3 Å². The Morgan fingerprint density at radius 1 is 1.12 bits per heavy atom. The van der Waals surface area contributed by atoms with Crippen LogP contribution >= 0.6 is 11.3 Å². The standard InChI is InChI=1S/C21H27FN8O2S/c1-11(13-8-14(22)10-23-9-13)26-19-28-15(16-17(29-19)27-12(2)33-16)18(31)24-6-7-25-20(32)30-21(3,4)5/h8-11H,6-7H2,1-5H3,(H,24,31)(H2,25,30,32)(H,26,28,29). The van der Waals surface area contributed by atoms with Crippen LogP contribution in [0.1, 0.15) is 54.8 Å². The van der Waals surface area contributed by atoms with E-state index in [9.17, 15) is 14.0 Å². The van der Waals surface area contributed by atoms with Gasteiger partial charge in [0.2, 0.25) is 5.95 Å². The molecule has 0 aromatic carbocycles. The molecule has 12 heteroatoms. The van der Waals surface area contributed by atoms with Gasteiger partial charge in [-0.3, -0.25) is 9.78 Å². The van der Waals surface area contributed by atoms with Crippen LogP contribution in [0.2, 0.25) is 0 Å². The molecule has 1 unspecified atom stereocenters. The van der Waals surface area contributed by atoms with E-state index in [1.54, 1.807) is 6.20 Å². The van der Waals surface area contributed by atoms with Crippen molar-refractivity contribution in [3.63, 3.8) is 0 Å². The second-order valence-corrected chi connectivity index (χ2v) is 9.67. The first-order valence-corrected chi connectivity index (χ1v) is 11.2. The highest BCUT2D eigenvalue weighted by atomic mass is 32.1. The Labute approximate surface area is 194 Å². The Hall–Kier alpha value is -3.41. The summed E-state index contributed by atoms with van der Waals surface area (Å²) in [5, 5.41) is 12.1. The van der Waals surface area contributed by atoms with Crippen molar-refractivity contribution in [2.45, 2.75) is 46.2 Å². The second kappa shape index (κ2) is 10.0. The van der Waals surface area contributed by atoms with Crippen LogP contribution in [0.15, 0.2) is 18.5 Å². The Balaban J connectivity index is 1.71. The van der Waals surface area contributed by atoms with Crippen molar-refractivity contribution in [2.24, 2.45) is 0 Å². The number of aromatic nitrogens is 4. The Morgan fingerprint density at radius 3 is 2.55 bits per heavy atom. The molecule has 4 N–H and O–H groups in total. The molecule has 0 aliphatic carbocycles. The number of thiazole rings is 1. The van der Waals surface area contributed by atoms with Crippen molar-refractivity contribution in [1.82, 2.24) is 35.9 Å². The Bertz CT molecular complexity index is 1160. The number of nitrogens with zero attached hydrogens (tertiary/aromatic N) is 4. The second-order valence-electron chi connectivity index (χ2n) is 8.47. The highest BCUT2D eigenvalue weighted by Gasteiger charge is 2.20. The molecule has 0 bridgehead atoms. The quantitative estimate of drug-likeness (QED) is 0.387. The summed E-state index contributed by atoms with van der Waals surface area (Å²) in [7, 11) is 0. The fourth-order valence-corrected chi connectivity index (χ4v) is 3.75. The molecule has 3 rings (SSSR count). The third kappa shape index (κ3) is 6.78. The molecular formula is C21H27FN8O2S. The van der Waals surface area contributed by atoms with Crippen LogP contribution in [-0.2, 0) is 0 Å². The Morgan fingerprint density at radius 2 is 1.85 bits per heavy atom. The van der Waals surface area contributed by atoms with E-state index in [-0.39, 0.29) is 42.3 Å². The molecule has 3 aromatic rings. The molecule has 0 saturated carbocycles. The fraction of sp³-hybridized carbons (Fsp3) is 0.429. The van der Waals surface area contributed by atoms with Gasteiger partial charge in [0.05, 0.1) is 17.2 Å². The molecule has 0 aliphatic rings. The first-order valence-electron chi connectivity index (χ1n) is 10.4. The van der Waals surface area contributed by atoms with Crippen molar-refractivity contribution >= 4 is 39.6 Å². The number of anilines is 1. The van der Waals surface area contributed by atoms with Crippen LogP contribution in [0.4, 0.5) is 15.1 Å². The topological polar surface area (TPSA) is 134 Å². The van der Waals surface area contributed by atoms with Gasteiger partial charge in [0.15, 0.2) is 11.3 Å². The normalized spacial score (nSPS) is 12.3. The number of amides is 3. The van der Waals surface area contributed by atoms with Gasteiger partial charge in [-0.1, -0.05) is 0 Å². The number of hydrogen-bond acceptors (Lipinski definition) is 8. The number of nitrogens with one attached hydrogen (secondary N) is 4. The summed E-state index contributed by atoms with van der Waals surface area (Å²) in [6.45, 7) is 9.73. The lowest BCUT2D eigenvalue weighted by molar-refractivity contribution is 0.0950. The first-order chi connectivity index (χ1) is 15.5. The van der Waals surface area contributed by atoms with E-state index in [2.05, 4.69) is 41.2 Å². The van der Waals surface area contributed by atoms with Crippen molar-refractivity contribution in [3.8, 4) is 0 Å². The smallest absolute Gasteiger partial charge is 0.315 e. The highest BCUT2D eigenvalue weighted by Crippen LogP contribution is 2.26. The number of hydrogen-bond donors (Lipinski definition) is 4. The molecule has 3 amide bonds. The third-order valence-electron chi connectivity index (χ3n) is 4.33. The van der Waals surface area contributed by atoms with Gasteiger partial charge in [-0.05, 0) is 46.2 Å². The van der Waals surface area contributed by atoms with Crippen molar-refractivity contribution in [1.29, 1.82) is 0 Å². The van der Waals surface area contributed by atoms with Crippen LogP contribution in [0.25, 0.3) is 10.3 Å². The summed E-state index contributed by atoms with van der Waals surface area (Å²) in [6.07, 6.45) is 2.67. The Kier molecular flexibility index (Phi) is 7.36. The molecule has 0 radical (unpaired) electrons. The number of carbonyl (C=O) groups is 2. The van der Waals surface area contributed by atoms with Gasteiger partial charge in [0, 0.05) is 24.8 Å². The van der Waals surface area contributed by atoms with Crippen molar-refractivity contribution < 1.29 is 14.0 Å². The van der Waals surface area contributed by atoms with E-state index in [4.69, 9.17) is 0 Å². The minimum Gasteiger partial charge on any atom is -0.349 e. The predicted octanol–water partition coefficient (Wildman–Crippen LogP) is 2.93. The van der Waals surface area contributed by atoms with Gasteiger partial charge < -0.3 is 21.3 Å². The average Bonchev–Trinajstić information content (AvgIpc) is 3.09. The summed E-state index contributed by atoms with van der Waals surface area (Å²) < 4.78 is 14.1. The molecule has 0 spiro atoms. The molecule has 0 aliphatic heterocycles. The van der Waals surface area contributed by atoms with Gasteiger partial charge in [-0.25, -0.2) is 19.2 Å². The monoisotopic (exact) mass is 474 g/mol. The third-order valence-corrected chi connectivity index (χ3v) is 5.30. The van der Waals surface area contributed by atoms with Crippen LogP contribution < -0.4 is 21.3 Å². The van der Waals surface area contributed by atoms with E-state index in [0.29, 0.717) is 15.9 Å². The number of urea groups is 1. The van der Waals surface area contributed by atoms with Crippen molar-refractivity contribution in [3.05, 3.63) is 40.5 Å². The first kappa shape index (κ1) is 24.2. The van der Waals surface area contributed by atoms with E-state index >= 15 is 0 Å². The van der Waals surface area contributed by atoms with Crippen LogP contribution in [-0.4, -0.2) is 50.5 Å². The molecule has 0 fully saturated rings. The zero-order chi connectivity index (χ0) is 24.2. The van der Waals surface area contributed by atoms with Gasteiger partial charge >= 0.3 is 6.03 Å². The minimum absolute atomic E-state index is 0.178. The summed E-state index contributed by atoms with van der Waals surface area (Å²) >= 11 is 1.32. The summed E-state index contributed by atoms with van der Waals surface area (Å²) in [5.74, 6) is -0.665. The predicted molar refractivity (Wildman–Crippen MR) is 125 cm³/mol. The largest absolute Gasteiger partial charge is 0.349 e. The SMILES string of the molecule is Cc1nc2nc(NC(C)c3cncc(F)c3)nc(C(=O)NCCNC(=O)NC(C)(C)C)c2s1. The highest BCUT2D eigenvalue weighted by molar-refractivity contribution is 7.18. The maximum Gasteiger partial charge on any atom is 0.315 e. The van der Waals surface area contributed by atoms with E-state index in [1.165, 1.54) is 17.4 Å². The van der Waals surface area contributed by atoms with Crippen molar-refractivity contribution in [2.75, 3.05) is 18.4 Å². The lowest BCUT2D eigenvalue weighted by atomic mass is 10.1. The lowest BCUT2D eigenvalue weighted by Gasteiger charge is -2.20. The number of carbonyl (C=O) groups excluding carboxylic acids is 2. The molecule has 3 heterocycles. The van der Waals surface area contributed by atoms with Crippen LogP contribution in [0.3, 0.4) is 0 Å². The summed E-state index contributed by atoms with van der Waals surface area (Å²) in [4.78, 5) is 41.7. The summed E-state index contributed by atoms with van der Waals surface area (Å²) in [5.41, 5.74) is 0.828. The van der Waals surface area contributed by atoms with Gasteiger partial charge in [0.25, 0.3) is 5.91 Å². The van der Waals surface area contributed by atoms with E-state index < -0.39 is 11.7 Å². The average molecular weight is 475 g/mol. The maximum atomic E-state index is 13.5. The number of halogens is 1. The lowest BCUT2D eigenvalue weighted by Crippen LogP contribution is -2.48. The minimum atomic E-state index is -0.447. The molecule has 176 valence electrons. The zero-order valence-corrected chi connectivity index (χ0v) is 19.9. The molecule has 33 heavy (non-hydrogen) atoms. The number of rotatable bonds is 7. The maximum absolute atomic E-state index is 13.5. The fourth-order valence-electron chi connectivity index (χ4n) is 2.91.